The van der Waals surface area contributed by atoms with Crippen LogP contribution in [0.1, 0.15) is 24.7 Å². The first-order chi connectivity index (χ1) is 8.93. The van der Waals surface area contributed by atoms with Gasteiger partial charge < -0.3 is 10.1 Å². The Morgan fingerprint density at radius 3 is 2.53 bits per heavy atom. The molecule has 0 aromatic carbocycles. The number of alkyl halides is 3. The van der Waals surface area contributed by atoms with Crippen molar-refractivity contribution in [2.75, 3.05) is 13.2 Å². The molecule has 106 valence electrons. The number of carbonyl (C=O) groups excluding carboxylic acids is 1. The van der Waals surface area contributed by atoms with Gasteiger partial charge in [0.25, 0.3) is 0 Å². The fourth-order valence-corrected chi connectivity index (χ4v) is 1.25. The van der Waals surface area contributed by atoms with Crippen LogP contribution in [0.2, 0.25) is 0 Å². The molecule has 0 aliphatic carbocycles. The van der Waals surface area contributed by atoms with Gasteiger partial charge in [0.05, 0.1) is 13.0 Å². The van der Waals surface area contributed by atoms with E-state index in [2.05, 4.69) is 15.3 Å². The average Bonchev–Trinajstić information content (AvgIpc) is 2.34. The van der Waals surface area contributed by atoms with Crippen LogP contribution in [0.5, 0.6) is 0 Å². The van der Waals surface area contributed by atoms with E-state index in [-0.39, 0.29) is 18.9 Å². The minimum atomic E-state index is -4.53. The normalized spacial score (nSPS) is 11.4. The minimum Gasteiger partial charge on any atom is -0.466 e. The van der Waals surface area contributed by atoms with E-state index in [0.29, 0.717) is 18.7 Å². The van der Waals surface area contributed by atoms with E-state index in [0.717, 1.165) is 12.4 Å². The first-order valence-electron chi connectivity index (χ1n) is 5.68. The summed E-state index contributed by atoms with van der Waals surface area (Å²) in [7, 11) is 0. The Balaban J connectivity index is 2.33. The zero-order chi connectivity index (χ0) is 14.3. The zero-order valence-electron chi connectivity index (χ0n) is 10.3. The largest absolute Gasteiger partial charge is 0.466 e. The molecule has 19 heavy (non-hydrogen) atoms. The third-order valence-corrected chi connectivity index (χ3v) is 2.10. The molecule has 1 N–H and O–H groups in total. The molecule has 0 amide bonds. The highest BCUT2D eigenvalue weighted by Gasteiger charge is 2.34. The molecule has 0 saturated heterocycles. The summed E-state index contributed by atoms with van der Waals surface area (Å²) < 4.78 is 41.3. The van der Waals surface area contributed by atoms with Crippen LogP contribution in [-0.2, 0) is 22.3 Å². The summed E-state index contributed by atoms with van der Waals surface area (Å²) in [5, 5.41) is 2.89. The van der Waals surface area contributed by atoms with E-state index in [1.165, 1.54) is 0 Å². The van der Waals surface area contributed by atoms with Crippen LogP contribution in [0.15, 0.2) is 12.4 Å². The molecule has 1 heterocycles. The summed E-state index contributed by atoms with van der Waals surface area (Å²) in [5.41, 5.74) is 0.511. The van der Waals surface area contributed by atoms with Gasteiger partial charge in [0.2, 0.25) is 5.82 Å². The highest BCUT2D eigenvalue weighted by atomic mass is 19.4. The molecule has 0 unspecified atom stereocenters. The van der Waals surface area contributed by atoms with Crippen molar-refractivity contribution < 1.29 is 22.7 Å². The lowest BCUT2D eigenvalue weighted by atomic mass is 10.3. The topological polar surface area (TPSA) is 64.1 Å². The number of hydrogen-bond acceptors (Lipinski definition) is 5. The molecular weight excluding hydrogens is 263 g/mol. The van der Waals surface area contributed by atoms with Crippen molar-refractivity contribution in [3.63, 3.8) is 0 Å². The predicted octanol–water partition coefficient (Wildman–Crippen LogP) is 1.54. The summed E-state index contributed by atoms with van der Waals surface area (Å²) in [5.74, 6) is -1.48. The van der Waals surface area contributed by atoms with Crippen LogP contribution >= 0.6 is 0 Å². The molecule has 0 saturated carbocycles. The number of esters is 1. The standard InChI is InChI=1S/C11H14F3N3O2/c1-2-19-9(18)3-4-15-5-8-6-16-10(17-7-8)11(12,13)14/h6-7,15H,2-5H2,1H3. The Morgan fingerprint density at radius 2 is 2.00 bits per heavy atom. The SMILES string of the molecule is CCOC(=O)CCNCc1cnc(C(F)(F)F)nc1. The van der Waals surface area contributed by atoms with Crippen LogP contribution in [-0.4, -0.2) is 29.1 Å². The summed E-state index contributed by atoms with van der Waals surface area (Å²) in [6.45, 7) is 2.70. The molecule has 5 nitrogen and oxygen atoms in total. The van der Waals surface area contributed by atoms with Gasteiger partial charge in [0, 0.05) is 31.0 Å². The van der Waals surface area contributed by atoms with Gasteiger partial charge in [-0.05, 0) is 6.92 Å². The molecule has 0 radical (unpaired) electrons. The molecule has 1 rings (SSSR count). The zero-order valence-corrected chi connectivity index (χ0v) is 10.3. The number of hydrogen-bond donors (Lipinski definition) is 1. The number of rotatable bonds is 6. The second-order valence-corrected chi connectivity index (χ2v) is 3.64. The van der Waals surface area contributed by atoms with Gasteiger partial charge in [-0.2, -0.15) is 13.2 Å². The number of ether oxygens (including phenoxy) is 1. The van der Waals surface area contributed by atoms with Gasteiger partial charge in [-0.25, -0.2) is 9.97 Å². The van der Waals surface area contributed by atoms with Crippen molar-refractivity contribution >= 4 is 5.97 Å². The van der Waals surface area contributed by atoms with Crippen molar-refractivity contribution in [1.29, 1.82) is 0 Å². The maximum absolute atomic E-state index is 12.2. The molecule has 1 aromatic heterocycles. The second kappa shape index (κ2) is 7.03. The summed E-state index contributed by atoms with van der Waals surface area (Å²) in [6, 6.07) is 0. The van der Waals surface area contributed by atoms with E-state index in [1.54, 1.807) is 6.92 Å². The van der Waals surface area contributed by atoms with Gasteiger partial charge >= 0.3 is 12.1 Å². The highest BCUT2D eigenvalue weighted by molar-refractivity contribution is 5.69. The van der Waals surface area contributed by atoms with Crippen molar-refractivity contribution in [1.82, 2.24) is 15.3 Å². The van der Waals surface area contributed by atoms with Gasteiger partial charge in [0.15, 0.2) is 0 Å². The quantitative estimate of drug-likeness (QED) is 0.631. The Labute approximate surface area is 108 Å². The summed E-state index contributed by atoms with van der Waals surface area (Å²) in [4.78, 5) is 17.4. The van der Waals surface area contributed by atoms with E-state index in [4.69, 9.17) is 4.74 Å². The lowest BCUT2D eigenvalue weighted by molar-refractivity contribution is -0.145. The van der Waals surface area contributed by atoms with E-state index in [1.807, 2.05) is 0 Å². The molecule has 0 aliphatic heterocycles. The maximum atomic E-state index is 12.2. The number of aromatic nitrogens is 2. The molecular formula is C11H14F3N3O2. The molecule has 0 bridgehead atoms. The van der Waals surface area contributed by atoms with Gasteiger partial charge in [-0.3, -0.25) is 4.79 Å². The lowest BCUT2D eigenvalue weighted by Gasteiger charge is -2.06. The first kappa shape index (κ1) is 15.4. The maximum Gasteiger partial charge on any atom is 0.451 e. The Hall–Kier alpha value is -1.70. The third-order valence-electron chi connectivity index (χ3n) is 2.10. The third kappa shape index (κ3) is 5.64. The minimum absolute atomic E-state index is 0.204. The first-order valence-corrected chi connectivity index (χ1v) is 5.68. The van der Waals surface area contributed by atoms with E-state index >= 15 is 0 Å². The van der Waals surface area contributed by atoms with Crippen LogP contribution in [0.25, 0.3) is 0 Å². The monoisotopic (exact) mass is 277 g/mol. The Bertz CT molecular complexity index is 407. The summed E-state index contributed by atoms with van der Waals surface area (Å²) in [6.07, 6.45) is -2.12. The van der Waals surface area contributed by atoms with Crippen LogP contribution in [0.3, 0.4) is 0 Å². The highest BCUT2D eigenvalue weighted by Crippen LogP contribution is 2.25. The predicted molar refractivity (Wildman–Crippen MR) is 60.0 cm³/mol. The number of nitrogens with one attached hydrogen (secondary N) is 1. The Kier molecular flexibility index (Phi) is 5.68. The lowest BCUT2D eigenvalue weighted by Crippen LogP contribution is -2.19. The average molecular weight is 277 g/mol. The number of nitrogens with zero attached hydrogens (tertiary/aromatic N) is 2. The summed E-state index contributed by atoms with van der Waals surface area (Å²) >= 11 is 0. The molecule has 0 atom stereocenters. The van der Waals surface area contributed by atoms with Crippen LogP contribution < -0.4 is 5.32 Å². The number of carbonyl (C=O) groups is 1. The van der Waals surface area contributed by atoms with Crippen molar-refractivity contribution in [3.8, 4) is 0 Å². The molecule has 1 aromatic rings. The van der Waals surface area contributed by atoms with Gasteiger partial charge in [-0.1, -0.05) is 0 Å². The number of halogens is 3. The fraction of sp³-hybridized carbons (Fsp3) is 0.545. The van der Waals surface area contributed by atoms with Crippen LogP contribution in [0.4, 0.5) is 13.2 Å². The van der Waals surface area contributed by atoms with E-state index in [9.17, 15) is 18.0 Å². The molecule has 8 heteroatoms. The molecule has 0 spiro atoms. The smallest absolute Gasteiger partial charge is 0.451 e. The van der Waals surface area contributed by atoms with Gasteiger partial charge in [-0.15, -0.1) is 0 Å². The molecule has 0 fully saturated rings. The van der Waals surface area contributed by atoms with E-state index < -0.39 is 12.0 Å². The van der Waals surface area contributed by atoms with Gasteiger partial charge in [0.1, 0.15) is 0 Å². The van der Waals surface area contributed by atoms with Crippen molar-refractivity contribution in [3.05, 3.63) is 23.8 Å². The van der Waals surface area contributed by atoms with Crippen molar-refractivity contribution in [2.45, 2.75) is 26.1 Å². The Morgan fingerprint density at radius 1 is 1.37 bits per heavy atom. The van der Waals surface area contributed by atoms with Crippen LogP contribution in [0, 0.1) is 0 Å². The van der Waals surface area contributed by atoms with Crippen molar-refractivity contribution in [2.24, 2.45) is 0 Å². The second-order valence-electron chi connectivity index (χ2n) is 3.64. The molecule has 0 aliphatic rings. The fourth-order valence-electron chi connectivity index (χ4n) is 1.25.